The fourth-order valence-electron chi connectivity index (χ4n) is 1.60. The first kappa shape index (κ1) is 11.2. The smallest absolute Gasteiger partial charge is 0.115 e. The number of aromatic hydroxyl groups is 1. The molecule has 0 aliphatic carbocycles. The lowest BCUT2D eigenvalue weighted by Crippen LogP contribution is -1.90. The van der Waals surface area contributed by atoms with Gasteiger partial charge in [-0.1, -0.05) is 40.2 Å². The van der Waals surface area contributed by atoms with E-state index >= 15 is 0 Å². The Labute approximate surface area is 104 Å². The highest BCUT2D eigenvalue weighted by Gasteiger charge is 1.96. The average Bonchev–Trinajstić information content (AvgIpc) is 2.30. The highest BCUT2D eigenvalue weighted by molar-refractivity contribution is 9.10. The number of rotatable bonds is 3. The monoisotopic (exact) mass is 276 g/mol. The highest BCUT2D eigenvalue weighted by atomic mass is 79.9. The molecule has 0 saturated carbocycles. The fourth-order valence-corrected chi connectivity index (χ4v) is 1.87. The summed E-state index contributed by atoms with van der Waals surface area (Å²) in [6, 6.07) is 15.8. The van der Waals surface area contributed by atoms with Gasteiger partial charge >= 0.3 is 0 Å². The lowest BCUT2D eigenvalue weighted by Gasteiger charge is -2.02. The topological polar surface area (TPSA) is 20.2 Å². The van der Waals surface area contributed by atoms with Gasteiger partial charge in [-0.3, -0.25) is 0 Å². The summed E-state index contributed by atoms with van der Waals surface area (Å²) in [6.07, 6.45) is 2.03. The third-order valence-electron chi connectivity index (χ3n) is 2.55. The molecule has 0 spiro atoms. The third-order valence-corrected chi connectivity index (χ3v) is 3.08. The molecule has 2 rings (SSSR count). The minimum atomic E-state index is 0.326. The van der Waals surface area contributed by atoms with E-state index in [-0.39, 0.29) is 0 Å². The Morgan fingerprint density at radius 2 is 1.19 bits per heavy atom. The normalized spacial score (nSPS) is 10.3. The van der Waals surface area contributed by atoms with Crippen molar-refractivity contribution in [2.45, 2.75) is 12.8 Å². The third kappa shape index (κ3) is 3.11. The Kier molecular flexibility index (Phi) is 3.62. The Bertz CT molecular complexity index is 400. The van der Waals surface area contributed by atoms with Gasteiger partial charge in [0.2, 0.25) is 0 Å². The van der Waals surface area contributed by atoms with Crippen molar-refractivity contribution in [3.8, 4) is 5.75 Å². The average molecular weight is 277 g/mol. The van der Waals surface area contributed by atoms with E-state index in [1.54, 1.807) is 12.1 Å². The quantitative estimate of drug-likeness (QED) is 0.901. The maximum absolute atomic E-state index is 9.17. The summed E-state index contributed by atoms with van der Waals surface area (Å²) in [5, 5.41) is 9.17. The van der Waals surface area contributed by atoms with Gasteiger partial charge in [-0.15, -0.1) is 0 Å². The summed E-state index contributed by atoms with van der Waals surface area (Å²) in [4.78, 5) is 0. The van der Waals surface area contributed by atoms with Crippen LogP contribution in [0.3, 0.4) is 0 Å². The molecule has 1 nitrogen and oxygen atoms in total. The Hall–Kier alpha value is -1.28. The largest absolute Gasteiger partial charge is 0.508 e. The minimum absolute atomic E-state index is 0.326. The number of aryl methyl sites for hydroxylation is 2. The van der Waals surface area contributed by atoms with Crippen molar-refractivity contribution in [3.05, 3.63) is 64.1 Å². The van der Waals surface area contributed by atoms with Gasteiger partial charge in [0.15, 0.2) is 0 Å². The van der Waals surface area contributed by atoms with Crippen molar-refractivity contribution in [2.75, 3.05) is 0 Å². The molecule has 16 heavy (non-hydrogen) atoms. The maximum Gasteiger partial charge on any atom is 0.115 e. The molecular formula is C14H13BrO. The van der Waals surface area contributed by atoms with Gasteiger partial charge < -0.3 is 5.11 Å². The van der Waals surface area contributed by atoms with E-state index in [0.717, 1.165) is 17.3 Å². The van der Waals surface area contributed by atoms with Crippen molar-refractivity contribution in [1.82, 2.24) is 0 Å². The molecule has 0 fully saturated rings. The molecule has 0 unspecified atom stereocenters. The lowest BCUT2D eigenvalue weighted by molar-refractivity contribution is 0.475. The van der Waals surface area contributed by atoms with Crippen LogP contribution in [0.15, 0.2) is 53.0 Å². The van der Waals surface area contributed by atoms with Crippen molar-refractivity contribution in [3.63, 3.8) is 0 Å². The van der Waals surface area contributed by atoms with E-state index in [1.165, 1.54) is 11.1 Å². The van der Waals surface area contributed by atoms with Crippen LogP contribution in [0.2, 0.25) is 0 Å². The molecule has 2 aromatic carbocycles. The summed E-state index contributed by atoms with van der Waals surface area (Å²) in [6.45, 7) is 0. The number of hydrogen-bond acceptors (Lipinski definition) is 1. The summed E-state index contributed by atoms with van der Waals surface area (Å²) in [5.41, 5.74) is 2.58. The van der Waals surface area contributed by atoms with Crippen molar-refractivity contribution < 1.29 is 5.11 Å². The second kappa shape index (κ2) is 5.17. The molecule has 0 amide bonds. The Balaban J connectivity index is 1.97. The molecule has 1 N–H and O–H groups in total. The van der Waals surface area contributed by atoms with Crippen molar-refractivity contribution in [1.29, 1.82) is 0 Å². The first-order valence-corrected chi connectivity index (χ1v) is 6.06. The van der Waals surface area contributed by atoms with Crippen LogP contribution in [0.25, 0.3) is 0 Å². The number of phenols is 1. The molecule has 0 saturated heterocycles. The Morgan fingerprint density at radius 3 is 1.69 bits per heavy atom. The number of phenolic OH excluding ortho intramolecular Hbond substituents is 1. The van der Waals surface area contributed by atoms with Crippen LogP contribution >= 0.6 is 15.9 Å². The van der Waals surface area contributed by atoms with Crippen LogP contribution in [0.1, 0.15) is 11.1 Å². The summed E-state index contributed by atoms with van der Waals surface area (Å²) in [7, 11) is 0. The van der Waals surface area contributed by atoms with Crippen LogP contribution < -0.4 is 0 Å². The molecule has 2 heteroatoms. The summed E-state index contributed by atoms with van der Waals surface area (Å²) >= 11 is 3.42. The van der Waals surface area contributed by atoms with E-state index in [4.69, 9.17) is 5.11 Å². The van der Waals surface area contributed by atoms with Gasteiger partial charge in [0.1, 0.15) is 5.75 Å². The lowest BCUT2D eigenvalue weighted by atomic mass is 10.0. The molecule has 0 aliphatic rings. The first-order valence-electron chi connectivity index (χ1n) is 5.26. The highest BCUT2D eigenvalue weighted by Crippen LogP contribution is 2.14. The molecule has 0 heterocycles. The standard InChI is InChI=1S/C14H13BrO/c15-13-7-3-11(4-8-13)1-2-12-5-9-14(16)10-6-12/h3-10,16H,1-2H2. The van der Waals surface area contributed by atoms with E-state index in [9.17, 15) is 0 Å². The van der Waals surface area contributed by atoms with Crippen LogP contribution in [0.4, 0.5) is 0 Å². The second-order valence-corrected chi connectivity index (χ2v) is 4.71. The van der Waals surface area contributed by atoms with Gasteiger partial charge in [-0.25, -0.2) is 0 Å². The molecular weight excluding hydrogens is 264 g/mol. The number of benzene rings is 2. The zero-order chi connectivity index (χ0) is 11.4. The fraction of sp³-hybridized carbons (Fsp3) is 0.143. The molecule has 82 valence electrons. The number of halogens is 1. The second-order valence-electron chi connectivity index (χ2n) is 3.79. The van der Waals surface area contributed by atoms with Crippen LogP contribution in [0, 0.1) is 0 Å². The van der Waals surface area contributed by atoms with Crippen LogP contribution in [0.5, 0.6) is 5.75 Å². The van der Waals surface area contributed by atoms with Crippen molar-refractivity contribution >= 4 is 15.9 Å². The van der Waals surface area contributed by atoms with Gasteiger partial charge in [-0.2, -0.15) is 0 Å². The predicted molar refractivity (Wildman–Crippen MR) is 69.7 cm³/mol. The zero-order valence-corrected chi connectivity index (χ0v) is 10.4. The molecule has 0 aromatic heterocycles. The van der Waals surface area contributed by atoms with Gasteiger partial charge in [-0.05, 0) is 48.2 Å². The number of hydrogen-bond donors (Lipinski definition) is 1. The van der Waals surface area contributed by atoms with Gasteiger partial charge in [0, 0.05) is 4.47 Å². The van der Waals surface area contributed by atoms with E-state index in [1.807, 2.05) is 12.1 Å². The van der Waals surface area contributed by atoms with Gasteiger partial charge in [0.25, 0.3) is 0 Å². The summed E-state index contributed by atoms with van der Waals surface area (Å²) in [5.74, 6) is 0.326. The van der Waals surface area contributed by atoms with E-state index in [2.05, 4.69) is 40.2 Å². The van der Waals surface area contributed by atoms with Crippen LogP contribution in [-0.2, 0) is 12.8 Å². The van der Waals surface area contributed by atoms with Crippen molar-refractivity contribution in [2.24, 2.45) is 0 Å². The SMILES string of the molecule is Oc1ccc(CCc2ccc(Br)cc2)cc1. The predicted octanol–water partition coefficient (Wildman–Crippen LogP) is 3.94. The zero-order valence-electron chi connectivity index (χ0n) is 8.86. The first-order chi connectivity index (χ1) is 7.74. The van der Waals surface area contributed by atoms with E-state index < -0.39 is 0 Å². The summed E-state index contributed by atoms with van der Waals surface area (Å²) < 4.78 is 1.11. The van der Waals surface area contributed by atoms with E-state index in [0.29, 0.717) is 5.75 Å². The molecule has 0 atom stereocenters. The molecule has 0 aliphatic heterocycles. The van der Waals surface area contributed by atoms with Crippen LogP contribution in [-0.4, -0.2) is 5.11 Å². The molecule has 2 aromatic rings. The molecule has 0 radical (unpaired) electrons. The Morgan fingerprint density at radius 1 is 0.750 bits per heavy atom. The minimum Gasteiger partial charge on any atom is -0.508 e. The maximum atomic E-state index is 9.17. The molecule has 0 bridgehead atoms. The van der Waals surface area contributed by atoms with Gasteiger partial charge in [0.05, 0.1) is 0 Å².